The number of hydrogen-bond donors (Lipinski definition) is 1. The molecule has 0 amide bonds. The highest BCUT2D eigenvalue weighted by Gasteiger charge is 2.17. The molecule has 0 aliphatic heterocycles. The fraction of sp³-hybridized carbons (Fsp3) is 0. The third-order valence-electron chi connectivity index (χ3n) is 7.16. The molecule has 0 saturated carbocycles. The van der Waals surface area contributed by atoms with Crippen LogP contribution in [0.3, 0.4) is 0 Å². The molecule has 0 saturated heterocycles. The van der Waals surface area contributed by atoms with Crippen LogP contribution in [-0.4, -0.2) is 4.98 Å². The number of aromatic nitrogens is 1. The number of aromatic amines is 1. The molecular formula is C36H27N2P. The van der Waals surface area contributed by atoms with Crippen LogP contribution in [-0.2, 0) is 0 Å². The van der Waals surface area contributed by atoms with E-state index < -0.39 is 0 Å². The zero-order chi connectivity index (χ0) is 26.0. The molecule has 7 rings (SSSR count). The van der Waals surface area contributed by atoms with Crippen molar-refractivity contribution in [1.82, 2.24) is 4.98 Å². The molecule has 0 fully saturated rings. The Hall–Kier alpha value is -4.65. The van der Waals surface area contributed by atoms with Gasteiger partial charge in [-0.15, -0.1) is 0 Å². The lowest BCUT2D eigenvalue weighted by molar-refractivity contribution is 1.42. The SMILES string of the molecule is c1ccc(-c2cc(PN(c3ccccc3)c3cccc4c3[nH]c3ccccc34)cc(-c3ccccc3)c2)cc1. The number of hydrogen-bond acceptors (Lipinski definition) is 1. The molecule has 1 atom stereocenters. The molecule has 1 aromatic heterocycles. The Morgan fingerprint density at radius 1 is 0.462 bits per heavy atom. The predicted molar refractivity (Wildman–Crippen MR) is 170 cm³/mol. The Labute approximate surface area is 230 Å². The van der Waals surface area contributed by atoms with Crippen molar-refractivity contribution in [3.05, 3.63) is 152 Å². The topological polar surface area (TPSA) is 19.0 Å². The van der Waals surface area contributed by atoms with Crippen LogP contribution >= 0.6 is 8.73 Å². The molecule has 186 valence electrons. The standard InChI is InChI=1S/C36H27N2P/c1-4-13-26(14-5-1)28-23-29(27-15-6-2-7-16-27)25-31(24-28)39-38(30-17-8-3-9-18-30)35-22-12-20-33-32-19-10-11-21-34(32)37-36(33)35/h1-25,37,39H. The molecule has 2 nitrogen and oxygen atoms in total. The Morgan fingerprint density at radius 3 is 1.69 bits per heavy atom. The van der Waals surface area contributed by atoms with Crippen LogP contribution in [0.4, 0.5) is 11.4 Å². The van der Waals surface area contributed by atoms with Crippen LogP contribution in [0.25, 0.3) is 44.1 Å². The maximum Gasteiger partial charge on any atom is 0.0708 e. The van der Waals surface area contributed by atoms with Crippen molar-refractivity contribution < 1.29 is 0 Å². The minimum atomic E-state index is 0.397. The molecule has 0 spiro atoms. The molecule has 1 N–H and O–H groups in total. The van der Waals surface area contributed by atoms with Gasteiger partial charge in [0.05, 0.1) is 11.2 Å². The molecule has 1 heterocycles. The average molecular weight is 519 g/mol. The van der Waals surface area contributed by atoms with Gasteiger partial charge in [-0.05, 0) is 70.0 Å². The van der Waals surface area contributed by atoms with Gasteiger partial charge in [-0.25, -0.2) is 0 Å². The molecule has 0 bridgehead atoms. The summed E-state index contributed by atoms with van der Waals surface area (Å²) < 4.78 is 2.45. The van der Waals surface area contributed by atoms with Gasteiger partial charge >= 0.3 is 0 Å². The number of anilines is 2. The first-order valence-corrected chi connectivity index (χ1v) is 14.2. The number of H-pyrrole nitrogens is 1. The van der Waals surface area contributed by atoms with Crippen LogP contribution in [0.5, 0.6) is 0 Å². The first kappa shape index (κ1) is 23.5. The first-order chi connectivity index (χ1) is 19.3. The van der Waals surface area contributed by atoms with E-state index in [0.29, 0.717) is 8.73 Å². The largest absolute Gasteiger partial charge is 0.353 e. The van der Waals surface area contributed by atoms with E-state index in [1.165, 1.54) is 49.7 Å². The van der Waals surface area contributed by atoms with Gasteiger partial charge in [-0.3, -0.25) is 0 Å². The molecule has 39 heavy (non-hydrogen) atoms. The summed E-state index contributed by atoms with van der Waals surface area (Å²) >= 11 is 0. The zero-order valence-corrected chi connectivity index (χ0v) is 22.4. The van der Waals surface area contributed by atoms with Gasteiger partial charge in [0.25, 0.3) is 0 Å². The lowest BCUT2D eigenvalue weighted by Gasteiger charge is -2.26. The van der Waals surface area contributed by atoms with Crippen molar-refractivity contribution in [3.63, 3.8) is 0 Å². The highest BCUT2D eigenvalue weighted by Crippen LogP contribution is 2.42. The first-order valence-electron chi connectivity index (χ1n) is 13.2. The number of fused-ring (bicyclic) bond motifs is 3. The fourth-order valence-electron chi connectivity index (χ4n) is 5.30. The molecule has 0 radical (unpaired) electrons. The highest BCUT2D eigenvalue weighted by atomic mass is 31.1. The summed E-state index contributed by atoms with van der Waals surface area (Å²) in [5, 5.41) is 3.78. The number of nitrogens with one attached hydrogen (secondary N) is 1. The molecule has 1 unspecified atom stereocenters. The summed E-state index contributed by atoms with van der Waals surface area (Å²) in [6.45, 7) is 0. The number of rotatable bonds is 6. The lowest BCUT2D eigenvalue weighted by atomic mass is 9.99. The lowest BCUT2D eigenvalue weighted by Crippen LogP contribution is -2.12. The summed E-state index contributed by atoms with van der Waals surface area (Å²) in [6, 6.07) is 54.3. The van der Waals surface area contributed by atoms with E-state index in [2.05, 4.69) is 161 Å². The van der Waals surface area contributed by atoms with Crippen molar-refractivity contribution in [1.29, 1.82) is 0 Å². The van der Waals surface area contributed by atoms with Crippen molar-refractivity contribution in [3.8, 4) is 22.3 Å². The third-order valence-corrected chi connectivity index (χ3v) is 8.43. The van der Waals surface area contributed by atoms with Gasteiger partial charge in [0, 0.05) is 30.7 Å². The molecule has 0 aliphatic rings. The second kappa shape index (κ2) is 10.3. The third kappa shape index (κ3) is 4.61. The van der Waals surface area contributed by atoms with Gasteiger partial charge in [0.2, 0.25) is 0 Å². The monoisotopic (exact) mass is 518 g/mol. The van der Waals surface area contributed by atoms with E-state index in [-0.39, 0.29) is 0 Å². The summed E-state index contributed by atoms with van der Waals surface area (Å²) in [4.78, 5) is 3.72. The summed E-state index contributed by atoms with van der Waals surface area (Å²) in [6.07, 6.45) is 0. The molecule has 3 heteroatoms. The van der Waals surface area contributed by atoms with Crippen molar-refractivity contribution in [2.75, 3.05) is 4.67 Å². The Balaban J connectivity index is 1.40. The van der Waals surface area contributed by atoms with Gasteiger partial charge in [-0.1, -0.05) is 109 Å². The van der Waals surface area contributed by atoms with Crippen molar-refractivity contribution in [2.45, 2.75) is 0 Å². The van der Waals surface area contributed by atoms with E-state index in [1.54, 1.807) is 0 Å². The van der Waals surface area contributed by atoms with Gasteiger partial charge < -0.3 is 9.65 Å². The minimum absolute atomic E-state index is 0.397. The van der Waals surface area contributed by atoms with Crippen molar-refractivity contribution in [2.24, 2.45) is 0 Å². The maximum absolute atomic E-state index is 3.72. The quantitative estimate of drug-likeness (QED) is 0.217. The second-order valence-electron chi connectivity index (χ2n) is 9.68. The average Bonchev–Trinajstić information content (AvgIpc) is 3.40. The number of benzene rings is 6. The molecule has 6 aromatic carbocycles. The highest BCUT2D eigenvalue weighted by molar-refractivity contribution is 7.49. The van der Waals surface area contributed by atoms with E-state index in [4.69, 9.17) is 0 Å². The maximum atomic E-state index is 3.72. The summed E-state index contributed by atoms with van der Waals surface area (Å²) in [5.74, 6) is 0. The van der Waals surface area contributed by atoms with Crippen LogP contribution < -0.4 is 9.97 Å². The fourth-order valence-corrected chi connectivity index (χ4v) is 6.58. The van der Waals surface area contributed by atoms with Gasteiger partial charge in [0.15, 0.2) is 0 Å². The Bertz CT molecular complexity index is 1820. The van der Waals surface area contributed by atoms with Crippen LogP contribution in [0.1, 0.15) is 0 Å². The van der Waals surface area contributed by atoms with Crippen LogP contribution in [0.2, 0.25) is 0 Å². The summed E-state index contributed by atoms with van der Waals surface area (Å²) in [7, 11) is 0.397. The Morgan fingerprint density at radius 2 is 1.03 bits per heavy atom. The van der Waals surface area contributed by atoms with E-state index in [1.807, 2.05) is 0 Å². The van der Waals surface area contributed by atoms with Crippen LogP contribution in [0, 0.1) is 0 Å². The van der Waals surface area contributed by atoms with Crippen LogP contribution in [0.15, 0.2) is 152 Å². The van der Waals surface area contributed by atoms with E-state index in [9.17, 15) is 0 Å². The van der Waals surface area contributed by atoms with Gasteiger partial charge in [-0.2, -0.15) is 0 Å². The van der Waals surface area contributed by atoms with Crippen molar-refractivity contribution >= 4 is 47.2 Å². The summed E-state index contributed by atoms with van der Waals surface area (Å²) in [5.41, 5.74) is 9.60. The van der Waals surface area contributed by atoms with E-state index >= 15 is 0 Å². The smallest absolute Gasteiger partial charge is 0.0708 e. The molecule has 0 aliphatic carbocycles. The molecular weight excluding hydrogens is 491 g/mol. The number of nitrogens with zero attached hydrogens (tertiary/aromatic N) is 1. The Kier molecular flexibility index (Phi) is 6.17. The predicted octanol–water partition coefficient (Wildman–Crippen LogP) is 9.71. The second-order valence-corrected chi connectivity index (χ2v) is 10.9. The molecule has 7 aromatic rings. The number of para-hydroxylation sites is 3. The minimum Gasteiger partial charge on any atom is -0.353 e. The van der Waals surface area contributed by atoms with E-state index in [0.717, 1.165) is 11.0 Å². The van der Waals surface area contributed by atoms with Gasteiger partial charge in [0.1, 0.15) is 0 Å². The normalized spacial score (nSPS) is 11.5. The zero-order valence-electron chi connectivity index (χ0n) is 21.4.